The van der Waals surface area contributed by atoms with Crippen molar-refractivity contribution in [1.82, 2.24) is 30.5 Å². The number of ether oxygens (including phenoxy) is 1. The Labute approximate surface area is 163 Å². The van der Waals surface area contributed by atoms with Crippen LogP contribution in [0.2, 0.25) is 0 Å². The van der Waals surface area contributed by atoms with Gasteiger partial charge in [0.15, 0.2) is 6.61 Å². The molecule has 0 aliphatic carbocycles. The molecular formula is C18H17F3N6O2. The molecule has 1 aromatic carbocycles. The van der Waals surface area contributed by atoms with E-state index in [1.54, 1.807) is 6.07 Å². The molecule has 2 heterocycles. The second-order valence-corrected chi connectivity index (χ2v) is 6.08. The predicted octanol–water partition coefficient (Wildman–Crippen LogP) is 2.11. The minimum atomic E-state index is -4.49. The second kappa shape index (κ2) is 9.13. The van der Waals surface area contributed by atoms with Crippen LogP contribution in [0.15, 0.2) is 55.0 Å². The Morgan fingerprint density at radius 1 is 1.17 bits per heavy atom. The third-order valence-corrected chi connectivity index (χ3v) is 3.93. The van der Waals surface area contributed by atoms with Gasteiger partial charge in [-0.15, -0.1) is 5.10 Å². The van der Waals surface area contributed by atoms with Gasteiger partial charge in [-0.3, -0.25) is 4.79 Å². The first-order valence-electron chi connectivity index (χ1n) is 8.60. The van der Waals surface area contributed by atoms with E-state index in [1.165, 1.54) is 23.3 Å². The number of carbonyl (C=O) groups excluding carboxylic acids is 1. The number of nitrogens with zero attached hydrogens (tertiary/aromatic N) is 5. The molecular weight excluding hydrogens is 389 g/mol. The standard InChI is InChI=1S/C18H17F3N6O2/c19-18(20,21)11-29-17-14(7-4-8-22-17)10-23-16(28)15(27-12-24-25-26-27)9-13-5-2-1-3-6-13/h1-8,12,15H,9-11H2,(H,23,28). The van der Waals surface area contributed by atoms with Gasteiger partial charge >= 0.3 is 6.18 Å². The van der Waals surface area contributed by atoms with Crippen molar-refractivity contribution in [2.45, 2.75) is 25.2 Å². The third kappa shape index (κ3) is 5.99. The summed E-state index contributed by atoms with van der Waals surface area (Å²) >= 11 is 0. The quantitative estimate of drug-likeness (QED) is 0.616. The van der Waals surface area contributed by atoms with Gasteiger partial charge in [-0.1, -0.05) is 36.4 Å². The van der Waals surface area contributed by atoms with Crippen molar-refractivity contribution in [3.05, 3.63) is 66.1 Å². The summed E-state index contributed by atoms with van der Waals surface area (Å²) in [6, 6.07) is 11.6. The van der Waals surface area contributed by atoms with Gasteiger partial charge in [-0.2, -0.15) is 13.2 Å². The molecule has 3 aromatic rings. The molecule has 29 heavy (non-hydrogen) atoms. The van der Waals surface area contributed by atoms with Crippen molar-refractivity contribution in [3.63, 3.8) is 0 Å². The first-order valence-corrected chi connectivity index (χ1v) is 8.60. The summed E-state index contributed by atoms with van der Waals surface area (Å²) in [6.07, 6.45) is -1.51. The first kappa shape index (κ1) is 20.2. The van der Waals surface area contributed by atoms with Crippen LogP contribution < -0.4 is 10.1 Å². The molecule has 0 radical (unpaired) electrons. The van der Waals surface area contributed by atoms with E-state index >= 15 is 0 Å². The molecule has 0 spiro atoms. The van der Waals surface area contributed by atoms with Gasteiger partial charge in [-0.05, 0) is 22.1 Å². The lowest BCUT2D eigenvalue weighted by molar-refractivity contribution is -0.154. The van der Waals surface area contributed by atoms with E-state index in [1.807, 2.05) is 30.3 Å². The van der Waals surface area contributed by atoms with Crippen molar-refractivity contribution in [2.24, 2.45) is 0 Å². The minimum Gasteiger partial charge on any atom is -0.468 e. The second-order valence-electron chi connectivity index (χ2n) is 6.08. The number of carbonyl (C=O) groups is 1. The van der Waals surface area contributed by atoms with Crippen molar-refractivity contribution in [3.8, 4) is 5.88 Å². The van der Waals surface area contributed by atoms with Gasteiger partial charge in [0, 0.05) is 24.7 Å². The highest BCUT2D eigenvalue weighted by Crippen LogP contribution is 2.20. The zero-order valence-corrected chi connectivity index (χ0v) is 15.1. The van der Waals surface area contributed by atoms with Crippen LogP contribution in [-0.4, -0.2) is 43.9 Å². The number of rotatable bonds is 8. The van der Waals surface area contributed by atoms with Gasteiger partial charge < -0.3 is 10.1 Å². The Morgan fingerprint density at radius 2 is 1.97 bits per heavy atom. The lowest BCUT2D eigenvalue weighted by atomic mass is 10.1. The van der Waals surface area contributed by atoms with Gasteiger partial charge in [0.1, 0.15) is 12.4 Å². The monoisotopic (exact) mass is 406 g/mol. The smallest absolute Gasteiger partial charge is 0.422 e. The zero-order valence-electron chi connectivity index (χ0n) is 15.1. The summed E-state index contributed by atoms with van der Waals surface area (Å²) in [5.74, 6) is -0.584. The van der Waals surface area contributed by atoms with E-state index < -0.39 is 24.7 Å². The Morgan fingerprint density at radius 3 is 2.66 bits per heavy atom. The van der Waals surface area contributed by atoms with Crippen LogP contribution in [0.25, 0.3) is 0 Å². The number of amides is 1. The highest BCUT2D eigenvalue weighted by molar-refractivity contribution is 5.80. The molecule has 0 saturated heterocycles. The Kier molecular flexibility index (Phi) is 6.37. The molecule has 1 atom stereocenters. The predicted molar refractivity (Wildman–Crippen MR) is 94.6 cm³/mol. The molecule has 0 aliphatic rings. The van der Waals surface area contributed by atoms with Crippen LogP contribution in [0, 0.1) is 0 Å². The van der Waals surface area contributed by atoms with Crippen molar-refractivity contribution in [2.75, 3.05) is 6.61 Å². The van der Waals surface area contributed by atoms with Crippen LogP contribution in [-0.2, 0) is 17.8 Å². The number of tetrazole rings is 1. The molecule has 2 aromatic heterocycles. The SMILES string of the molecule is O=C(NCc1cccnc1OCC(F)(F)F)C(Cc1ccccc1)n1cnnn1. The molecule has 8 nitrogen and oxygen atoms in total. The molecule has 0 bridgehead atoms. The number of hydrogen-bond donors (Lipinski definition) is 1. The molecule has 1 N–H and O–H groups in total. The number of nitrogens with one attached hydrogen (secondary N) is 1. The average Bonchev–Trinajstić information content (AvgIpc) is 3.24. The highest BCUT2D eigenvalue weighted by Gasteiger charge is 2.29. The number of pyridine rings is 1. The Hall–Kier alpha value is -3.50. The lowest BCUT2D eigenvalue weighted by Crippen LogP contribution is -2.34. The maximum atomic E-state index is 12.8. The molecule has 152 valence electrons. The third-order valence-electron chi connectivity index (χ3n) is 3.93. The molecule has 0 aliphatic heterocycles. The van der Waals surface area contributed by atoms with E-state index in [9.17, 15) is 18.0 Å². The van der Waals surface area contributed by atoms with Crippen LogP contribution >= 0.6 is 0 Å². The summed E-state index contributed by atoms with van der Waals surface area (Å²) in [5, 5.41) is 13.6. The molecule has 3 rings (SSSR count). The van der Waals surface area contributed by atoms with Gasteiger partial charge in [0.2, 0.25) is 11.8 Å². The van der Waals surface area contributed by atoms with Crippen LogP contribution in [0.4, 0.5) is 13.2 Å². The fourth-order valence-corrected chi connectivity index (χ4v) is 2.59. The summed E-state index contributed by atoms with van der Waals surface area (Å²) in [7, 11) is 0. The zero-order chi connectivity index (χ0) is 20.7. The molecule has 1 amide bonds. The van der Waals surface area contributed by atoms with Crippen molar-refractivity contribution < 1.29 is 22.7 Å². The number of hydrogen-bond acceptors (Lipinski definition) is 6. The van der Waals surface area contributed by atoms with Crippen molar-refractivity contribution >= 4 is 5.91 Å². The minimum absolute atomic E-state index is 0.0622. The topological polar surface area (TPSA) is 94.8 Å². The van der Waals surface area contributed by atoms with Crippen LogP contribution in [0.3, 0.4) is 0 Å². The van der Waals surface area contributed by atoms with E-state index in [4.69, 9.17) is 4.74 Å². The Balaban J connectivity index is 1.69. The van der Waals surface area contributed by atoms with Gasteiger partial charge in [0.05, 0.1) is 0 Å². The number of benzene rings is 1. The van der Waals surface area contributed by atoms with E-state index in [0.717, 1.165) is 5.56 Å². The fourth-order valence-electron chi connectivity index (χ4n) is 2.59. The van der Waals surface area contributed by atoms with E-state index in [0.29, 0.717) is 12.0 Å². The first-order chi connectivity index (χ1) is 13.9. The summed E-state index contributed by atoms with van der Waals surface area (Å²) < 4.78 is 43.3. The highest BCUT2D eigenvalue weighted by atomic mass is 19.4. The average molecular weight is 406 g/mol. The normalized spacial score (nSPS) is 12.4. The molecule has 1 unspecified atom stereocenters. The molecule has 0 saturated carbocycles. The lowest BCUT2D eigenvalue weighted by Gasteiger charge is -2.17. The fraction of sp³-hybridized carbons (Fsp3) is 0.278. The summed E-state index contributed by atoms with van der Waals surface area (Å²) in [4.78, 5) is 16.6. The molecule has 11 heteroatoms. The number of halogens is 3. The van der Waals surface area contributed by atoms with E-state index in [-0.39, 0.29) is 12.4 Å². The summed E-state index contributed by atoms with van der Waals surface area (Å²) in [5.41, 5.74) is 1.22. The summed E-state index contributed by atoms with van der Waals surface area (Å²) in [6.45, 7) is -1.53. The number of alkyl halides is 3. The Bertz CT molecular complexity index is 919. The maximum Gasteiger partial charge on any atom is 0.422 e. The number of aromatic nitrogens is 5. The van der Waals surface area contributed by atoms with E-state index in [2.05, 4.69) is 25.8 Å². The van der Waals surface area contributed by atoms with Crippen LogP contribution in [0.1, 0.15) is 17.2 Å². The van der Waals surface area contributed by atoms with Crippen molar-refractivity contribution in [1.29, 1.82) is 0 Å². The van der Waals surface area contributed by atoms with Gasteiger partial charge in [0.25, 0.3) is 0 Å². The molecule has 0 fully saturated rings. The van der Waals surface area contributed by atoms with Gasteiger partial charge in [-0.25, -0.2) is 9.67 Å². The largest absolute Gasteiger partial charge is 0.468 e. The van der Waals surface area contributed by atoms with Crippen LogP contribution in [0.5, 0.6) is 5.88 Å². The maximum absolute atomic E-state index is 12.8.